The highest BCUT2D eigenvalue weighted by Gasteiger charge is 2.24. The van der Waals surface area contributed by atoms with Gasteiger partial charge in [-0.3, -0.25) is 9.59 Å². The largest absolute Gasteiger partial charge is 0.376 e. The van der Waals surface area contributed by atoms with Crippen LogP contribution in [0.1, 0.15) is 21.5 Å². The minimum Gasteiger partial charge on any atom is -0.376 e. The van der Waals surface area contributed by atoms with Crippen molar-refractivity contribution in [1.29, 1.82) is 0 Å². The van der Waals surface area contributed by atoms with Crippen molar-refractivity contribution < 1.29 is 9.59 Å². The van der Waals surface area contributed by atoms with Gasteiger partial charge in [-0.15, -0.1) is 0 Å². The number of carbonyl (C=O) groups is 2. The molecule has 2 amide bonds. The minimum absolute atomic E-state index is 0.00195. The fraction of sp³-hybridized carbons (Fsp3) is 0.167. The Morgan fingerprint density at radius 3 is 2.38 bits per heavy atom. The third-order valence-electron chi connectivity index (χ3n) is 5.05. The predicted molar refractivity (Wildman–Crippen MR) is 115 cm³/mol. The van der Waals surface area contributed by atoms with Crippen LogP contribution in [-0.2, 0) is 17.8 Å². The second-order valence-corrected chi connectivity index (χ2v) is 7.03. The van der Waals surface area contributed by atoms with Crippen molar-refractivity contribution in [3.63, 3.8) is 0 Å². The summed E-state index contributed by atoms with van der Waals surface area (Å²) in [6.45, 7) is 1.39. The molecular weight excluding hydrogens is 362 g/mol. The zero-order chi connectivity index (χ0) is 20.1. The van der Waals surface area contributed by atoms with Gasteiger partial charge in [0.2, 0.25) is 5.91 Å². The first-order chi connectivity index (χ1) is 14.2. The summed E-state index contributed by atoms with van der Waals surface area (Å²) < 4.78 is 0. The van der Waals surface area contributed by atoms with Gasteiger partial charge < -0.3 is 15.5 Å². The maximum absolute atomic E-state index is 12.8. The topological polar surface area (TPSA) is 61.4 Å². The van der Waals surface area contributed by atoms with Crippen LogP contribution in [-0.4, -0.2) is 24.9 Å². The van der Waals surface area contributed by atoms with Crippen molar-refractivity contribution in [2.75, 3.05) is 23.3 Å². The Morgan fingerprint density at radius 1 is 0.862 bits per heavy atom. The first-order valence-corrected chi connectivity index (χ1v) is 9.75. The predicted octanol–water partition coefficient (Wildman–Crippen LogP) is 3.62. The molecule has 1 aliphatic heterocycles. The average molecular weight is 385 g/mol. The molecule has 4 rings (SSSR count). The number of nitrogens with zero attached hydrogens (tertiary/aromatic N) is 1. The summed E-state index contributed by atoms with van der Waals surface area (Å²) in [4.78, 5) is 26.7. The number of fused-ring (bicyclic) bond motifs is 1. The SMILES string of the molecule is O=C(CNc1ccc(C(=O)N2CCc3ccccc32)cc1)NCc1ccccc1. The van der Waals surface area contributed by atoms with Crippen LogP contribution in [0.4, 0.5) is 11.4 Å². The monoisotopic (exact) mass is 385 g/mol. The van der Waals surface area contributed by atoms with E-state index >= 15 is 0 Å². The summed E-state index contributed by atoms with van der Waals surface area (Å²) in [6, 6.07) is 25.1. The van der Waals surface area contributed by atoms with Gasteiger partial charge in [-0.25, -0.2) is 0 Å². The van der Waals surface area contributed by atoms with E-state index in [9.17, 15) is 9.59 Å². The fourth-order valence-corrected chi connectivity index (χ4v) is 3.48. The van der Waals surface area contributed by atoms with Gasteiger partial charge in [-0.05, 0) is 47.9 Å². The van der Waals surface area contributed by atoms with Crippen molar-refractivity contribution in [2.24, 2.45) is 0 Å². The Kier molecular flexibility index (Phi) is 5.56. The van der Waals surface area contributed by atoms with Gasteiger partial charge in [0, 0.05) is 30.0 Å². The molecule has 0 bridgehead atoms. The quantitative estimate of drug-likeness (QED) is 0.681. The third kappa shape index (κ3) is 4.46. The molecule has 0 radical (unpaired) electrons. The van der Waals surface area contributed by atoms with Gasteiger partial charge in [0.25, 0.3) is 5.91 Å². The molecule has 0 aliphatic carbocycles. The molecule has 146 valence electrons. The highest BCUT2D eigenvalue weighted by molar-refractivity contribution is 6.07. The van der Waals surface area contributed by atoms with E-state index in [2.05, 4.69) is 16.7 Å². The van der Waals surface area contributed by atoms with Crippen molar-refractivity contribution in [3.8, 4) is 0 Å². The van der Waals surface area contributed by atoms with E-state index in [1.54, 1.807) is 12.1 Å². The Morgan fingerprint density at radius 2 is 1.59 bits per heavy atom. The summed E-state index contributed by atoms with van der Waals surface area (Å²) in [5.74, 6) is -0.0789. The molecule has 1 aliphatic rings. The normalized spacial score (nSPS) is 12.3. The van der Waals surface area contributed by atoms with Gasteiger partial charge >= 0.3 is 0 Å². The summed E-state index contributed by atoms with van der Waals surface area (Å²) in [6.07, 6.45) is 0.889. The molecule has 5 heteroatoms. The van der Waals surface area contributed by atoms with Crippen LogP contribution in [0.2, 0.25) is 0 Å². The Hall–Kier alpha value is -3.60. The average Bonchev–Trinajstić information content (AvgIpc) is 3.21. The molecule has 0 aromatic heterocycles. The Bertz CT molecular complexity index is 1000. The molecule has 2 N–H and O–H groups in total. The lowest BCUT2D eigenvalue weighted by Gasteiger charge is -2.17. The molecule has 0 spiro atoms. The van der Waals surface area contributed by atoms with E-state index in [0.717, 1.165) is 23.4 Å². The Labute approximate surface area is 170 Å². The van der Waals surface area contributed by atoms with Crippen molar-refractivity contribution in [2.45, 2.75) is 13.0 Å². The highest BCUT2D eigenvalue weighted by Crippen LogP contribution is 2.29. The standard InChI is InChI=1S/C24H23N3O2/c28-23(26-16-18-6-2-1-3-7-18)17-25-21-12-10-20(11-13-21)24(29)27-15-14-19-8-4-5-9-22(19)27/h1-13,25H,14-17H2,(H,26,28). The highest BCUT2D eigenvalue weighted by atomic mass is 16.2. The van der Waals surface area contributed by atoms with Gasteiger partial charge in [0.1, 0.15) is 0 Å². The van der Waals surface area contributed by atoms with E-state index in [0.29, 0.717) is 18.7 Å². The number of amides is 2. The van der Waals surface area contributed by atoms with Crippen LogP contribution in [0.5, 0.6) is 0 Å². The molecule has 3 aromatic rings. The number of benzene rings is 3. The number of hydrogen-bond acceptors (Lipinski definition) is 3. The second kappa shape index (κ2) is 8.61. The summed E-state index contributed by atoms with van der Waals surface area (Å²) >= 11 is 0. The third-order valence-corrected chi connectivity index (χ3v) is 5.05. The second-order valence-electron chi connectivity index (χ2n) is 7.03. The van der Waals surface area contributed by atoms with Crippen molar-refractivity contribution in [3.05, 3.63) is 95.6 Å². The lowest BCUT2D eigenvalue weighted by atomic mass is 10.1. The van der Waals surface area contributed by atoms with E-state index in [1.165, 1.54) is 5.56 Å². The number of rotatable bonds is 6. The summed E-state index contributed by atoms with van der Waals surface area (Å²) in [5, 5.41) is 5.98. The molecule has 5 nitrogen and oxygen atoms in total. The van der Waals surface area contributed by atoms with E-state index in [1.807, 2.05) is 65.6 Å². The number of para-hydroxylation sites is 1. The molecule has 1 heterocycles. The van der Waals surface area contributed by atoms with Gasteiger partial charge in [0.05, 0.1) is 6.54 Å². The zero-order valence-corrected chi connectivity index (χ0v) is 16.1. The fourth-order valence-electron chi connectivity index (χ4n) is 3.48. The van der Waals surface area contributed by atoms with Gasteiger partial charge in [0.15, 0.2) is 0 Å². The number of carbonyl (C=O) groups excluding carboxylic acids is 2. The van der Waals surface area contributed by atoms with Crippen molar-refractivity contribution in [1.82, 2.24) is 5.32 Å². The molecule has 0 unspecified atom stereocenters. The minimum atomic E-state index is -0.0809. The zero-order valence-electron chi connectivity index (χ0n) is 16.1. The van der Waals surface area contributed by atoms with Gasteiger partial charge in [-0.1, -0.05) is 48.5 Å². The molecule has 0 saturated carbocycles. The molecule has 29 heavy (non-hydrogen) atoms. The van der Waals surface area contributed by atoms with Crippen molar-refractivity contribution >= 4 is 23.2 Å². The van der Waals surface area contributed by atoms with E-state index < -0.39 is 0 Å². The van der Waals surface area contributed by atoms with Gasteiger partial charge in [-0.2, -0.15) is 0 Å². The number of nitrogens with one attached hydrogen (secondary N) is 2. The molecule has 3 aromatic carbocycles. The lowest BCUT2D eigenvalue weighted by Crippen LogP contribution is -2.29. The van der Waals surface area contributed by atoms with Crippen LogP contribution in [0.3, 0.4) is 0 Å². The maximum atomic E-state index is 12.8. The molecule has 0 atom stereocenters. The smallest absolute Gasteiger partial charge is 0.258 e. The number of anilines is 2. The lowest BCUT2D eigenvalue weighted by molar-refractivity contribution is -0.119. The maximum Gasteiger partial charge on any atom is 0.258 e. The first kappa shape index (κ1) is 18.7. The van der Waals surface area contributed by atoms with Crippen LogP contribution < -0.4 is 15.5 Å². The molecule has 0 fully saturated rings. The number of hydrogen-bond donors (Lipinski definition) is 2. The first-order valence-electron chi connectivity index (χ1n) is 9.75. The summed E-state index contributed by atoms with van der Waals surface area (Å²) in [7, 11) is 0. The van der Waals surface area contributed by atoms with Crippen LogP contribution >= 0.6 is 0 Å². The van der Waals surface area contributed by atoms with E-state index in [-0.39, 0.29) is 18.4 Å². The molecular formula is C24H23N3O2. The van der Waals surface area contributed by atoms with E-state index in [4.69, 9.17) is 0 Å². The van der Waals surface area contributed by atoms with Crippen LogP contribution in [0.15, 0.2) is 78.9 Å². The van der Waals surface area contributed by atoms with Crippen LogP contribution in [0.25, 0.3) is 0 Å². The summed E-state index contributed by atoms with van der Waals surface area (Å²) in [5.41, 5.74) is 4.71. The van der Waals surface area contributed by atoms with Crippen LogP contribution in [0, 0.1) is 0 Å². The Balaban J connectivity index is 1.30. The molecule has 0 saturated heterocycles.